The third kappa shape index (κ3) is 2.28. The van der Waals surface area contributed by atoms with Gasteiger partial charge in [0.1, 0.15) is 0 Å². The second kappa shape index (κ2) is 4.71. The smallest absolute Gasteiger partial charge is 0.175 e. The number of carbonyl (C=O) groups is 1. The largest absolute Gasteiger partial charge is 0.293 e. The molecule has 1 aliphatic heterocycles. The second-order valence-corrected chi connectivity index (χ2v) is 6.28. The van der Waals surface area contributed by atoms with Crippen LogP contribution in [-0.2, 0) is 12.2 Å². The number of fused-ring (bicyclic) bond motifs is 1. The van der Waals surface area contributed by atoms with Gasteiger partial charge in [0.15, 0.2) is 5.78 Å². The van der Waals surface area contributed by atoms with Crippen molar-refractivity contribution in [2.45, 2.75) is 32.4 Å². The highest BCUT2D eigenvalue weighted by Gasteiger charge is 2.20. The van der Waals surface area contributed by atoms with Crippen LogP contribution in [0.25, 0.3) is 0 Å². The molecule has 1 aromatic heterocycles. The number of hydrogen-bond acceptors (Lipinski definition) is 3. The van der Waals surface area contributed by atoms with Crippen LogP contribution in [0, 0.1) is 5.92 Å². The van der Waals surface area contributed by atoms with Gasteiger partial charge in [0, 0.05) is 16.5 Å². The third-order valence-electron chi connectivity index (χ3n) is 2.93. The molecule has 1 unspecified atom stereocenters. The number of rotatable bonds is 3. The highest BCUT2D eigenvalue weighted by molar-refractivity contribution is 7.98. The zero-order valence-electron chi connectivity index (χ0n) is 9.21. The van der Waals surface area contributed by atoms with E-state index in [1.807, 2.05) is 18.7 Å². The number of aryl methyl sites for hydroxylation is 1. The van der Waals surface area contributed by atoms with Gasteiger partial charge in [-0.2, -0.15) is 11.8 Å². The maximum atomic E-state index is 12.0. The molecule has 0 N–H and O–H groups in total. The molecule has 0 spiro atoms. The van der Waals surface area contributed by atoms with Crippen molar-refractivity contribution in [1.82, 2.24) is 0 Å². The molecule has 0 aliphatic carbocycles. The van der Waals surface area contributed by atoms with Crippen LogP contribution in [0.15, 0.2) is 6.07 Å². The molecule has 1 atom stereocenters. The topological polar surface area (TPSA) is 17.1 Å². The third-order valence-corrected chi connectivity index (χ3v) is 5.19. The molecule has 0 fully saturated rings. The van der Waals surface area contributed by atoms with Gasteiger partial charge >= 0.3 is 0 Å². The first-order valence-electron chi connectivity index (χ1n) is 5.46. The van der Waals surface area contributed by atoms with E-state index in [0.29, 0.717) is 5.78 Å². The average molecular weight is 240 g/mol. The van der Waals surface area contributed by atoms with Crippen molar-refractivity contribution >= 4 is 28.9 Å². The van der Waals surface area contributed by atoms with E-state index in [1.54, 1.807) is 11.3 Å². The first-order chi connectivity index (χ1) is 7.22. The fourth-order valence-electron chi connectivity index (χ4n) is 1.70. The normalized spacial score (nSPS) is 17.2. The monoisotopic (exact) mass is 240 g/mol. The summed E-state index contributed by atoms with van der Waals surface area (Å²) >= 11 is 3.70. The summed E-state index contributed by atoms with van der Waals surface area (Å²) < 4.78 is 0. The van der Waals surface area contributed by atoms with E-state index in [1.165, 1.54) is 16.2 Å². The number of hydrogen-bond donors (Lipinski definition) is 0. The second-order valence-electron chi connectivity index (χ2n) is 4.04. The highest BCUT2D eigenvalue weighted by atomic mass is 32.2. The minimum absolute atomic E-state index is 0.178. The summed E-state index contributed by atoms with van der Waals surface area (Å²) in [5.74, 6) is 2.82. The Balaban J connectivity index is 2.22. The van der Waals surface area contributed by atoms with Crippen LogP contribution in [-0.4, -0.2) is 11.5 Å². The van der Waals surface area contributed by atoms with Crippen molar-refractivity contribution in [3.05, 3.63) is 21.4 Å². The molecule has 0 aromatic carbocycles. The lowest BCUT2D eigenvalue weighted by Crippen LogP contribution is -2.08. The minimum atomic E-state index is 0.178. The standard InChI is InChI=1S/C12H16OS2/c1-3-8(2)12(13)11-6-9-7-14-5-4-10(9)15-11/h6,8H,3-5,7H2,1-2H3. The van der Waals surface area contributed by atoms with Crippen LogP contribution >= 0.6 is 23.1 Å². The quantitative estimate of drug-likeness (QED) is 0.748. The molecule has 0 saturated heterocycles. The number of ketones is 1. The molecule has 3 heteroatoms. The van der Waals surface area contributed by atoms with Gasteiger partial charge in [-0.1, -0.05) is 13.8 Å². The Labute approximate surface area is 99.3 Å². The summed E-state index contributed by atoms with van der Waals surface area (Å²) in [7, 11) is 0. The van der Waals surface area contributed by atoms with E-state index < -0.39 is 0 Å². The molecule has 15 heavy (non-hydrogen) atoms. The predicted octanol–water partition coefficient (Wildman–Crippen LogP) is 3.77. The molecule has 0 amide bonds. The van der Waals surface area contributed by atoms with Crippen molar-refractivity contribution in [3.63, 3.8) is 0 Å². The summed E-state index contributed by atoms with van der Waals surface area (Å²) in [4.78, 5) is 14.4. The maximum absolute atomic E-state index is 12.0. The van der Waals surface area contributed by atoms with Gasteiger partial charge in [-0.3, -0.25) is 4.79 Å². The summed E-state index contributed by atoms with van der Waals surface area (Å²) in [5, 5.41) is 0. The zero-order valence-corrected chi connectivity index (χ0v) is 10.8. The van der Waals surface area contributed by atoms with Crippen LogP contribution in [0.5, 0.6) is 0 Å². The van der Waals surface area contributed by atoms with Crippen LogP contribution in [0.1, 0.15) is 40.4 Å². The highest BCUT2D eigenvalue weighted by Crippen LogP contribution is 2.32. The average Bonchev–Trinajstić information content (AvgIpc) is 2.70. The molecule has 0 bridgehead atoms. The van der Waals surface area contributed by atoms with Crippen LogP contribution in [0.2, 0.25) is 0 Å². The van der Waals surface area contributed by atoms with Gasteiger partial charge in [0.05, 0.1) is 4.88 Å². The molecular formula is C12H16OS2. The first-order valence-corrected chi connectivity index (χ1v) is 7.43. The van der Waals surface area contributed by atoms with Crippen molar-refractivity contribution in [2.24, 2.45) is 5.92 Å². The summed E-state index contributed by atoms with van der Waals surface area (Å²) in [6, 6.07) is 2.13. The Morgan fingerprint density at radius 2 is 2.40 bits per heavy atom. The molecular weight excluding hydrogens is 224 g/mol. The van der Waals surface area contributed by atoms with E-state index in [-0.39, 0.29) is 5.92 Å². The van der Waals surface area contributed by atoms with E-state index in [4.69, 9.17) is 0 Å². The number of thiophene rings is 1. The lowest BCUT2D eigenvalue weighted by molar-refractivity contribution is 0.0931. The SMILES string of the molecule is CCC(C)C(=O)c1cc2c(s1)CCSC2. The Morgan fingerprint density at radius 1 is 1.60 bits per heavy atom. The Bertz CT molecular complexity index is 344. The number of Topliss-reactive ketones (excluding diaryl/α,β-unsaturated/α-hetero) is 1. The lowest BCUT2D eigenvalue weighted by atomic mass is 10.0. The summed E-state index contributed by atoms with van der Waals surface area (Å²) in [6.07, 6.45) is 2.09. The first kappa shape index (κ1) is 11.2. The van der Waals surface area contributed by atoms with E-state index in [2.05, 4.69) is 13.0 Å². The van der Waals surface area contributed by atoms with E-state index in [9.17, 15) is 4.79 Å². The molecule has 1 aliphatic rings. The molecule has 0 saturated carbocycles. The van der Waals surface area contributed by atoms with Crippen molar-refractivity contribution in [1.29, 1.82) is 0 Å². The summed E-state index contributed by atoms with van der Waals surface area (Å²) in [5.41, 5.74) is 1.41. The van der Waals surface area contributed by atoms with Gasteiger partial charge in [0.2, 0.25) is 0 Å². The molecule has 1 nitrogen and oxygen atoms in total. The van der Waals surface area contributed by atoms with Crippen LogP contribution in [0.3, 0.4) is 0 Å². The van der Waals surface area contributed by atoms with Crippen molar-refractivity contribution in [3.8, 4) is 0 Å². The van der Waals surface area contributed by atoms with Gasteiger partial charge in [-0.25, -0.2) is 0 Å². The molecule has 82 valence electrons. The van der Waals surface area contributed by atoms with Crippen molar-refractivity contribution < 1.29 is 4.79 Å². The minimum Gasteiger partial charge on any atom is -0.293 e. The Kier molecular flexibility index (Phi) is 3.52. The fraction of sp³-hybridized carbons (Fsp3) is 0.583. The molecule has 0 radical (unpaired) electrons. The molecule has 2 rings (SSSR count). The van der Waals surface area contributed by atoms with E-state index >= 15 is 0 Å². The number of thioether (sulfide) groups is 1. The Hall–Kier alpha value is -0.280. The predicted molar refractivity (Wildman–Crippen MR) is 68.0 cm³/mol. The Morgan fingerprint density at radius 3 is 3.07 bits per heavy atom. The van der Waals surface area contributed by atoms with Gasteiger partial charge in [-0.05, 0) is 30.2 Å². The summed E-state index contributed by atoms with van der Waals surface area (Å²) in [6.45, 7) is 4.10. The van der Waals surface area contributed by atoms with Crippen molar-refractivity contribution in [2.75, 3.05) is 5.75 Å². The zero-order chi connectivity index (χ0) is 10.8. The van der Waals surface area contributed by atoms with Crippen LogP contribution < -0.4 is 0 Å². The maximum Gasteiger partial charge on any atom is 0.175 e. The lowest BCUT2D eigenvalue weighted by Gasteiger charge is -2.08. The number of carbonyl (C=O) groups excluding carboxylic acids is 1. The van der Waals surface area contributed by atoms with Gasteiger partial charge in [0.25, 0.3) is 0 Å². The van der Waals surface area contributed by atoms with E-state index in [0.717, 1.165) is 23.5 Å². The fourth-order valence-corrected chi connectivity index (χ4v) is 4.12. The van der Waals surface area contributed by atoms with Gasteiger partial charge < -0.3 is 0 Å². The molecule has 1 aromatic rings. The van der Waals surface area contributed by atoms with Gasteiger partial charge in [-0.15, -0.1) is 11.3 Å². The van der Waals surface area contributed by atoms with Crippen LogP contribution in [0.4, 0.5) is 0 Å². The molecule has 2 heterocycles.